The first-order valence-electron chi connectivity index (χ1n) is 5.50. The maximum Gasteiger partial charge on any atom is 0.264 e. The van der Waals surface area contributed by atoms with Crippen LogP contribution in [0.4, 0.5) is 0 Å². The summed E-state index contributed by atoms with van der Waals surface area (Å²) in [7, 11) is 0. The summed E-state index contributed by atoms with van der Waals surface area (Å²) in [6.07, 6.45) is 2.74. The maximum absolute atomic E-state index is 11.5. The first-order valence-corrected chi connectivity index (χ1v) is 6.58. The summed E-state index contributed by atoms with van der Waals surface area (Å²) in [6, 6.07) is 3.84. The molecule has 0 amide bonds. The lowest BCUT2D eigenvalue weighted by molar-refractivity contribution is 0.514. The zero-order valence-corrected chi connectivity index (χ0v) is 11.4. The molecule has 2 aromatic heterocycles. The van der Waals surface area contributed by atoms with Gasteiger partial charge in [0.15, 0.2) is 11.6 Å². The number of aromatic amines is 1. The molecule has 0 saturated heterocycles. The Bertz CT molecular complexity index is 617. The molecule has 1 fully saturated rings. The van der Waals surface area contributed by atoms with Gasteiger partial charge in [0.25, 0.3) is 5.56 Å². The van der Waals surface area contributed by atoms with Crippen LogP contribution in [0.3, 0.4) is 0 Å². The van der Waals surface area contributed by atoms with Crippen molar-refractivity contribution in [2.45, 2.75) is 19.3 Å². The molecular weight excluding hydrogens is 331 g/mol. The molecule has 3 rings (SSSR count). The van der Waals surface area contributed by atoms with E-state index in [9.17, 15) is 4.79 Å². The third-order valence-corrected chi connectivity index (χ3v) is 3.86. The van der Waals surface area contributed by atoms with Crippen LogP contribution >= 0.6 is 22.6 Å². The first-order chi connectivity index (χ1) is 8.15. The number of halogens is 1. The van der Waals surface area contributed by atoms with E-state index in [2.05, 4.69) is 16.9 Å². The molecule has 2 atom stereocenters. The Hall–Kier alpha value is -1.11. The van der Waals surface area contributed by atoms with Gasteiger partial charge in [0.1, 0.15) is 5.76 Å². The van der Waals surface area contributed by atoms with E-state index >= 15 is 0 Å². The molecule has 0 bridgehead atoms. The average Bonchev–Trinajstić information content (AvgIpc) is 2.86. The molecule has 1 saturated carbocycles. The summed E-state index contributed by atoms with van der Waals surface area (Å²) < 4.78 is 6.30. The fourth-order valence-corrected chi connectivity index (χ4v) is 2.18. The number of furan rings is 1. The van der Waals surface area contributed by atoms with Crippen molar-refractivity contribution < 1.29 is 4.42 Å². The van der Waals surface area contributed by atoms with Crippen LogP contribution in [-0.2, 0) is 0 Å². The number of aromatic nitrogens is 2. The lowest BCUT2D eigenvalue weighted by Crippen LogP contribution is -2.11. The van der Waals surface area contributed by atoms with Crippen LogP contribution < -0.4 is 5.56 Å². The molecule has 0 radical (unpaired) electrons. The minimum atomic E-state index is -0.131. The number of H-pyrrole nitrogens is 1. The highest BCUT2D eigenvalue weighted by Gasteiger charge is 2.36. The Morgan fingerprint density at radius 3 is 2.94 bits per heavy atom. The van der Waals surface area contributed by atoms with Crippen molar-refractivity contribution in [2.24, 2.45) is 5.92 Å². The van der Waals surface area contributed by atoms with Crippen molar-refractivity contribution in [3.8, 4) is 11.6 Å². The van der Waals surface area contributed by atoms with Gasteiger partial charge in [-0.15, -0.1) is 0 Å². The highest BCUT2D eigenvalue weighted by Crippen LogP contribution is 2.47. The van der Waals surface area contributed by atoms with Crippen molar-refractivity contribution in [2.75, 3.05) is 0 Å². The summed E-state index contributed by atoms with van der Waals surface area (Å²) in [5.74, 6) is 3.37. The molecule has 0 aromatic carbocycles. The van der Waals surface area contributed by atoms with Crippen LogP contribution in [0, 0.1) is 9.49 Å². The van der Waals surface area contributed by atoms with Gasteiger partial charge < -0.3 is 9.40 Å². The lowest BCUT2D eigenvalue weighted by Gasteiger charge is -1.96. The van der Waals surface area contributed by atoms with Crippen LogP contribution in [0.15, 0.2) is 27.5 Å². The number of hydrogen-bond acceptors (Lipinski definition) is 3. The van der Waals surface area contributed by atoms with Gasteiger partial charge in [0.05, 0.1) is 3.57 Å². The maximum atomic E-state index is 11.5. The second-order valence-electron chi connectivity index (χ2n) is 4.43. The first kappa shape index (κ1) is 11.0. The highest BCUT2D eigenvalue weighted by atomic mass is 127. The second kappa shape index (κ2) is 3.97. The van der Waals surface area contributed by atoms with Crippen molar-refractivity contribution >= 4 is 22.6 Å². The molecule has 17 heavy (non-hydrogen) atoms. The van der Waals surface area contributed by atoms with Gasteiger partial charge in [-0.25, -0.2) is 4.98 Å². The van der Waals surface area contributed by atoms with E-state index in [0.29, 0.717) is 27.0 Å². The largest absolute Gasteiger partial charge is 0.458 e. The van der Waals surface area contributed by atoms with Crippen LogP contribution in [-0.4, -0.2) is 9.97 Å². The number of nitrogens with one attached hydrogen (secondary N) is 1. The molecule has 5 heteroatoms. The van der Waals surface area contributed by atoms with Crippen LogP contribution in [0.25, 0.3) is 11.6 Å². The number of hydrogen-bond donors (Lipinski definition) is 1. The van der Waals surface area contributed by atoms with E-state index in [1.807, 2.05) is 34.7 Å². The number of nitrogens with zero attached hydrogens (tertiary/aromatic N) is 1. The summed E-state index contributed by atoms with van der Waals surface area (Å²) in [6.45, 7) is 2.21. The normalized spacial score (nSPS) is 22.7. The predicted octanol–water partition coefficient (Wildman–Crippen LogP) is 2.76. The third-order valence-electron chi connectivity index (χ3n) is 3.09. The Labute approximate surface area is 112 Å². The van der Waals surface area contributed by atoms with Gasteiger partial charge in [-0.2, -0.15) is 0 Å². The van der Waals surface area contributed by atoms with E-state index in [-0.39, 0.29) is 5.56 Å². The lowest BCUT2D eigenvalue weighted by atomic mass is 10.3. The summed E-state index contributed by atoms with van der Waals surface area (Å²) >= 11 is 1.95. The molecule has 1 N–H and O–H groups in total. The van der Waals surface area contributed by atoms with Crippen LogP contribution in [0.1, 0.15) is 25.0 Å². The monoisotopic (exact) mass is 342 g/mol. The second-order valence-corrected chi connectivity index (χ2v) is 5.59. The quantitative estimate of drug-likeness (QED) is 0.854. The van der Waals surface area contributed by atoms with Crippen molar-refractivity contribution in [1.82, 2.24) is 9.97 Å². The van der Waals surface area contributed by atoms with E-state index in [1.165, 1.54) is 6.42 Å². The molecule has 2 heterocycles. The zero-order valence-electron chi connectivity index (χ0n) is 9.24. The zero-order chi connectivity index (χ0) is 12.0. The van der Waals surface area contributed by atoms with Gasteiger partial charge in [-0.1, -0.05) is 6.92 Å². The smallest absolute Gasteiger partial charge is 0.264 e. The molecule has 88 valence electrons. The van der Waals surface area contributed by atoms with Crippen LogP contribution in [0.5, 0.6) is 0 Å². The molecule has 1 aliphatic carbocycles. The molecule has 0 spiro atoms. The van der Waals surface area contributed by atoms with Gasteiger partial charge in [-0.05, 0) is 47.1 Å². The van der Waals surface area contributed by atoms with E-state index in [0.717, 1.165) is 5.76 Å². The van der Waals surface area contributed by atoms with Gasteiger partial charge in [0.2, 0.25) is 0 Å². The fraction of sp³-hybridized carbons (Fsp3) is 0.333. The van der Waals surface area contributed by atoms with Crippen molar-refractivity contribution in [1.29, 1.82) is 0 Å². The summed E-state index contributed by atoms with van der Waals surface area (Å²) in [4.78, 5) is 18.3. The predicted molar refractivity (Wildman–Crippen MR) is 71.8 cm³/mol. The molecule has 0 aliphatic heterocycles. The van der Waals surface area contributed by atoms with Gasteiger partial charge in [0, 0.05) is 12.1 Å². The molecule has 2 aromatic rings. The Balaban J connectivity index is 1.95. The van der Waals surface area contributed by atoms with E-state index < -0.39 is 0 Å². The minimum Gasteiger partial charge on any atom is -0.458 e. The fourth-order valence-electron chi connectivity index (χ4n) is 1.90. The van der Waals surface area contributed by atoms with Crippen molar-refractivity contribution in [3.05, 3.63) is 38.0 Å². The summed E-state index contributed by atoms with van der Waals surface area (Å²) in [5.41, 5.74) is -0.131. The molecule has 2 unspecified atom stereocenters. The topological polar surface area (TPSA) is 58.9 Å². The molecule has 1 aliphatic rings. The SMILES string of the molecule is CC1CC1c1ccc(-c2ncc(I)c(=O)[nH]2)o1. The minimum absolute atomic E-state index is 0.131. The van der Waals surface area contributed by atoms with Crippen molar-refractivity contribution in [3.63, 3.8) is 0 Å². The Morgan fingerprint density at radius 1 is 1.53 bits per heavy atom. The standard InChI is InChI=1S/C12H11IN2O2/c1-6-4-7(6)9-2-3-10(17-9)11-14-5-8(13)12(16)15-11/h2-3,5-7H,4H2,1H3,(H,14,15,16). The average molecular weight is 342 g/mol. The van der Waals surface area contributed by atoms with Gasteiger partial charge >= 0.3 is 0 Å². The Kier molecular flexibility index (Phi) is 2.57. The molecular formula is C12H11IN2O2. The molecule has 4 nitrogen and oxygen atoms in total. The van der Waals surface area contributed by atoms with Gasteiger partial charge in [-0.3, -0.25) is 4.79 Å². The number of rotatable bonds is 2. The third kappa shape index (κ3) is 2.03. The summed E-state index contributed by atoms with van der Waals surface area (Å²) in [5, 5.41) is 0. The van der Waals surface area contributed by atoms with Crippen LogP contribution in [0.2, 0.25) is 0 Å². The van der Waals surface area contributed by atoms with E-state index in [1.54, 1.807) is 6.20 Å². The Morgan fingerprint density at radius 2 is 2.29 bits per heavy atom. The van der Waals surface area contributed by atoms with E-state index in [4.69, 9.17) is 4.42 Å². The highest BCUT2D eigenvalue weighted by molar-refractivity contribution is 14.1.